The molecule has 0 saturated heterocycles. The van der Waals surface area contributed by atoms with Crippen LogP contribution in [-0.4, -0.2) is 25.0 Å². The number of aryl methyl sites for hydroxylation is 1. The highest BCUT2D eigenvalue weighted by molar-refractivity contribution is 6.30. The van der Waals surface area contributed by atoms with Gasteiger partial charge in [-0.1, -0.05) is 17.7 Å². The van der Waals surface area contributed by atoms with Gasteiger partial charge < -0.3 is 15.0 Å². The molecule has 5 nitrogen and oxygen atoms in total. The van der Waals surface area contributed by atoms with Crippen LogP contribution >= 0.6 is 11.6 Å². The Morgan fingerprint density at radius 2 is 2.07 bits per heavy atom. The first-order valence-corrected chi connectivity index (χ1v) is 9.90. The maximum Gasteiger partial charge on any atom is 0.248 e. The number of amides is 2. The van der Waals surface area contributed by atoms with E-state index in [9.17, 15) is 9.59 Å². The van der Waals surface area contributed by atoms with E-state index in [1.54, 1.807) is 24.0 Å². The molecule has 2 aromatic rings. The first-order chi connectivity index (χ1) is 14.0. The SMILES string of the molecule is CC(=O)N1CCCc2cc(NC(=O)/C=C/C3=Cc4cc(Cl)ccc4OC3)ccc21. The van der Waals surface area contributed by atoms with Crippen LogP contribution in [0.5, 0.6) is 5.75 Å². The maximum atomic E-state index is 12.3. The monoisotopic (exact) mass is 408 g/mol. The van der Waals surface area contributed by atoms with E-state index in [4.69, 9.17) is 16.3 Å². The lowest BCUT2D eigenvalue weighted by molar-refractivity contribution is -0.116. The lowest BCUT2D eigenvalue weighted by Gasteiger charge is -2.28. The van der Waals surface area contributed by atoms with E-state index < -0.39 is 0 Å². The molecule has 2 aromatic carbocycles. The Bertz CT molecular complexity index is 1040. The summed E-state index contributed by atoms with van der Waals surface area (Å²) in [5.41, 5.74) is 4.50. The molecule has 2 aliphatic rings. The first kappa shape index (κ1) is 19.3. The zero-order valence-electron chi connectivity index (χ0n) is 16.1. The zero-order valence-corrected chi connectivity index (χ0v) is 16.8. The van der Waals surface area contributed by atoms with Crippen LogP contribution in [0, 0.1) is 0 Å². The fourth-order valence-corrected chi connectivity index (χ4v) is 3.81. The Morgan fingerprint density at radius 3 is 2.90 bits per heavy atom. The molecular weight excluding hydrogens is 388 g/mol. The molecule has 0 aromatic heterocycles. The molecule has 29 heavy (non-hydrogen) atoms. The minimum Gasteiger partial charge on any atom is -0.488 e. The minimum absolute atomic E-state index is 0.0384. The molecule has 148 valence electrons. The zero-order chi connectivity index (χ0) is 20.4. The number of hydrogen-bond acceptors (Lipinski definition) is 3. The van der Waals surface area contributed by atoms with Crippen LogP contribution < -0.4 is 15.0 Å². The van der Waals surface area contributed by atoms with Crippen molar-refractivity contribution in [3.63, 3.8) is 0 Å². The lowest BCUT2D eigenvalue weighted by Crippen LogP contribution is -2.33. The number of rotatable bonds is 3. The van der Waals surface area contributed by atoms with Gasteiger partial charge in [-0.2, -0.15) is 0 Å². The summed E-state index contributed by atoms with van der Waals surface area (Å²) in [6.07, 6.45) is 7.01. The van der Waals surface area contributed by atoms with Gasteiger partial charge in [0.2, 0.25) is 11.8 Å². The van der Waals surface area contributed by atoms with Crippen LogP contribution in [0.2, 0.25) is 5.02 Å². The van der Waals surface area contributed by atoms with Gasteiger partial charge in [-0.25, -0.2) is 0 Å². The molecule has 2 aliphatic heterocycles. The van der Waals surface area contributed by atoms with E-state index in [0.717, 1.165) is 53.2 Å². The van der Waals surface area contributed by atoms with Crippen LogP contribution in [0.1, 0.15) is 24.5 Å². The predicted molar refractivity (Wildman–Crippen MR) is 115 cm³/mol. The predicted octanol–water partition coefficient (Wildman–Crippen LogP) is 4.61. The normalized spacial score (nSPS) is 15.2. The number of nitrogens with zero attached hydrogens (tertiary/aromatic N) is 1. The third-order valence-electron chi connectivity index (χ3n) is 5.00. The highest BCUT2D eigenvalue weighted by Crippen LogP contribution is 2.30. The molecule has 0 bridgehead atoms. The van der Waals surface area contributed by atoms with Crippen LogP contribution in [0.15, 0.2) is 54.1 Å². The molecule has 6 heteroatoms. The second-order valence-electron chi connectivity index (χ2n) is 7.13. The fraction of sp³-hybridized carbons (Fsp3) is 0.217. The van der Waals surface area contributed by atoms with Gasteiger partial charge in [-0.15, -0.1) is 0 Å². The van der Waals surface area contributed by atoms with Crippen molar-refractivity contribution >= 4 is 40.9 Å². The molecular formula is C23H21ClN2O3. The summed E-state index contributed by atoms with van der Waals surface area (Å²) in [6, 6.07) is 11.1. The van der Waals surface area contributed by atoms with Crippen molar-refractivity contribution in [3.8, 4) is 5.75 Å². The van der Waals surface area contributed by atoms with Crippen molar-refractivity contribution in [1.29, 1.82) is 0 Å². The van der Waals surface area contributed by atoms with E-state index in [-0.39, 0.29) is 11.8 Å². The number of benzene rings is 2. The summed E-state index contributed by atoms with van der Waals surface area (Å²) < 4.78 is 5.69. The number of hydrogen-bond donors (Lipinski definition) is 1. The summed E-state index contributed by atoms with van der Waals surface area (Å²) in [5.74, 6) is 0.600. The van der Waals surface area contributed by atoms with Crippen molar-refractivity contribution in [3.05, 3.63) is 70.3 Å². The maximum absolute atomic E-state index is 12.3. The van der Waals surface area contributed by atoms with Crippen LogP contribution in [-0.2, 0) is 16.0 Å². The Hall–Kier alpha value is -3.05. The van der Waals surface area contributed by atoms with E-state index in [0.29, 0.717) is 11.6 Å². The molecule has 0 unspecified atom stereocenters. The Kier molecular flexibility index (Phi) is 5.41. The molecule has 1 N–H and O–H groups in total. The molecule has 2 heterocycles. The van der Waals surface area contributed by atoms with Crippen molar-refractivity contribution < 1.29 is 14.3 Å². The number of carbonyl (C=O) groups excluding carboxylic acids is 2. The molecule has 4 rings (SSSR count). The average molecular weight is 409 g/mol. The van der Waals surface area contributed by atoms with Gasteiger partial charge in [0.25, 0.3) is 0 Å². The molecule has 0 atom stereocenters. The van der Waals surface area contributed by atoms with Crippen molar-refractivity contribution in [1.82, 2.24) is 0 Å². The van der Waals surface area contributed by atoms with Crippen LogP contribution in [0.3, 0.4) is 0 Å². The summed E-state index contributed by atoms with van der Waals surface area (Å²) in [4.78, 5) is 25.9. The summed E-state index contributed by atoms with van der Waals surface area (Å²) in [7, 11) is 0. The number of halogens is 1. The topological polar surface area (TPSA) is 58.6 Å². The van der Waals surface area contributed by atoms with Gasteiger partial charge >= 0.3 is 0 Å². The van der Waals surface area contributed by atoms with E-state index in [2.05, 4.69) is 5.32 Å². The van der Waals surface area contributed by atoms with E-state index >= 15 is 0 Å². The van der Waals surface area contributed by atoms with Crippen molar-refractivity contribution in [2.75, 3.05) is 23.4 Å². The lowest BCUT2D eigenvalue weighted by atomic mass is 10.0. The molecule has 0 saturated carbocycles. The second-order valence-corrected chi connectivity index (χ2v) is 7.57. The first-order valence-electron chi connectivity index (χ1n) is 9.52. The number of carbonyl (C=O) groups is 2. The van der Waals surface area contributed by atoms with Gasteiger partial charge in [0, 0.05) is 41.5 Å². The number of fused-ring (bicyclic) bond motifs is 2. The van der Waals surface area contributed by atoms with Crippen LogP contribution in [0.25, 0.3) is 6.08 Å². The van der Waals surface area contributed by atoms with Crippen molar-refractivity contribution in [2.45, 2.75) is 19.8 Å². The quantitative estimate of drug-likeness (QED) is 0.754. The van der Waals surface area contributed by atoms with Gasteiger partial charge in [0.1, 0.15) is 12.4 Å². The average Bonchev–Trinajstić information content (AvgIpc) is 2.71. The third kappa shape index (κ3) is 4.35. The highest BCUT2D eigenvalue weighted by atomic mass is 35.5. The third-order valence-corrected chi connectivity index (χ3v) is 5.24. The Labute approximate surface area is 174 Å². The van der Waals surface area contributed by atoms with Gasteiger partial charge in [-0.3, -0.25) is 9.59 Å². The van der Waals surface area contributed by atoms with E-state index in [1.165, 1.54) is 6.08 Å². The molecule has 2 amide bonds. The second kappa shape index (κ2) is 8.13. The summed E-state index contributed by atoms with van der Waals surface area (Å²) >= 11 is 6.03. The largest absolute Gasteiger partial charge is 0.488 e. The number of anilines is 2. The highest BCUT2D eigenvalue weighted by Gasteiger charge is 2.20. The smallest absolute Gasteiger partial charge is 0.248 e. The summed E-state index contributed by atoms with van der Waals surface area (Å²) in [5, 5.41) is 3.53. The minimum atomic E-state index is -0.220. The van der Waals surface area contributed by atoms with Gasteiger partial charge in [-0.05, 0) is 66.5 Å². The fourth-order valence-electron chi connectivity index (χ4n) is 3.63. The Morgan fingerprint density at radius 1 is 1.21 bits per heavy atom. The standard InChI is InChI=1S/C23H21ClN2O3/c1-15(27)26-10-2-3-17-13-20(6-7-21(17)26)25-23(28)9-4-16-11-18-12-19(24)5-8-22(18)29-14-16/h4-9,11-13H,2-3,10,14H2,1H3,(H,25,28)/b9-4+. The van der Waals surface area contributed by atoms with Gasteiger partial charge in [0.15, 0.2) is 0 Å². The molecule has 0 radical (unpaired) electrons. The molecule has 0 aliphatic carbocycles. The van der Waals surface area contributed by atoms with Crippen molar-refractivity contribution in [2.24, 2.45) is 0 Å². The summed E-state index contributed by atoms with van der Waals surface area (Å²) in [6.45, 7) is 2.71. The van der Waals surface area contributed by atoms with Gasteiger partial charge in [0.05, 0.1) is 0 Å². The Balaban J connectivity index is 1.44. The molecule has 0 spiro atoms. The van der Waals surface area contributed by atoms with Crippen LogP contribution in [0.4, 0.5) is 11.4 Å². The molecule has 0 fully saturated rings. The number of nitrogens with one attached hydrogen (secondary N) is 1. The van der Waals surface area contributed by atoms with E-state index in [1.807, 2.05) is 36.4 Å². The number of ether oxygens (including phenoxy) is 1.